The molecular weight excluding hydrogens is 472 g/mol. The highest BCUT2D eigenvalue weighted by Crippen LogP contribution is 2.35. The number of carbonyl (C=O) groups is 2. The second-order valence-electron chi connectivity index (χ2n) is 7.64. The lowest BCUT2D eigenvalue weighted by Gasteiger charge is -2.15. The van der Waals surface area contributed by atoms with Gasteiger partial charge in [0.05, 0.1) is 13.2 Å². The van der Waals surface area contributed by atoms with E-state index in [2.05, 4.69) is 15.3 Å². The van der Waals surface area contributed by atoms with Gasteiger partial charge in [-0.25, -0.2) is 9.97 Å². The Morgan fingerprint density at radius 2 is 1.62 bits per heavy atom. The van der Waals surface area contributed by atoms with Crippen LogP contribution in [-0.2, 0) is 16.1 Å². The van der Waals surface area contributed by atoms with Crippen molar-refractivity contribution in [2.45, 2.75) is 32.5 Å². The summed E-state index contributed by atoms with van der Waals surface area (Å²) < 4.78 is 5.48. The van der Waals surface area contributed by atoms with Crippen LogP contribution in [0.3, 0.4) is 0 Å². The Bertz CT molecular complexity index is 1240. The molecule has 1 aromatic heterocycles. The first kappa shape index (κ1) is 23.8. The number of nitrogens with zero attached hydrogens (tertiary/aromatic N) is 3. The second kappa shape index (κ2) is 10.3. The second-order valence-corrected chi connectivity index (χ2v) is 9.06. The summed E-state index contributed by atoms with van der Waals surface area (Å²) in [5.41, 5.74) is 3.21. The lowest BCUT2D eigenvalue weighted by Crippen LogP contribution is -2.31. The van der Waals surface area contributed by atoms with E-state index in [-0.39, 0.29) is 17.1 Å². The molecule has 0 saturated carbocycles. The van der Waals surface area contributed by atoms with Crippen LogP contribution < -0.4 is 10.1 Å². The van der Waals surface area contributed by atoms with Crippen molar-refractivity contribution in [3.8, 4) is 5.75 Å². The van der Waals surface area contributed by atoms with E-state index in [4.69, 9.17) is 16.3 Å². The van der Waals surface area contributed by atoms with Crippen molar-refractivity contribution in [2.24, 2.45) is 0 Å². The van der Waals surface area contributed by atoms with Crippen molar-refractivity contribution in [1.29, 1.82) is 0 Å². The van der Waals surface area contributed by atoms with Gasteiger partial charge in [-0.05, 0) is 80.6 Å². The topological polar surface area (TPSA) is 84.4 Å². The van der Waals surface area contributed by atoms with Gasteiger partial charge in [0.1, 0.15) is 16.4 Å². The Labute approximate surface area is 207 Å². The fourth-order valence-electron chi connectivity index (χ4n) is 3.45. The number of benzene rings is 2. The lowest BCUT2D eigenvalue weighted by molar-refractivity contribution is -0.137. The Balaban J connectivity index is 1.66. The highest BCUT2D eigenvalue weighted by Gasteiger charge is 2.39. The summed E-state index contributed by atoms with van der Waals surface area (Å²) in [4.78, 5) is 37.1. The van der Waals surface area contributed by atoms with Gasteiger partial charge in [-0.3, -0.25) is 14.5 Å². The normalized spacial score (nSPS) is 13.6. The highest BCUT2D eigenvalue weighted by atomic mass is 35.5. The number of thioether (sulfide) groups is 1. The maximum Gasteiger partial charge on any atom is 0.278 e. The third kappa shape index (κ3) is 5.40. The predicted octanol–water partition coefficient (Wildman–Crippen LogP) is 5.13. The van der Waals surface area contributed by atoms with E-state index in [0.717, 1.165) is 34.5 Å². The van der Waals surface area contributed by atoms with Crippen LogP contribution in [0.2, 0.25) is 5.02 Å². The minimum absolute atomic E-state index is 0.126. The molecule has 0 spiro atoms. The standard InChI is InChI=1S/C25H23ClN4O3S/c1-4-33-20-11-9-19(10-12-20)29-21-22(34-25-27-15(2)13-16(3)28-25)24(32)30(23(21)31)14-17-5-7-18(26)8-6-17/h5-13,29H,4,14H2,1-3H3. The van der Waals surface area contributed by atoms with E-state index in [0.29, 0.717) is 22.5 Å². The maximum atomic E-state index is 13.4. The number of halogens is 1. The molecule has 0 aliphatic carbocycles. The van der Waals surface area contributed by atoms with Crippen molar-refractivity contribution in [1.82, 2.24) is 14.9 Å². The Morgan fingerprint density at radius 3 is 2.24 bits per heavy atom. The fourth-order valence-corrected chi connectivity index (χ4v) is 4.58. The predicted molar refractivity (Wildman–Crippen MR) is 133 cm³/mol. The minimum atomic E-state index is -0.416. The molecule has 34 heavy (non-hydrogen) atoms. The van der Waals surface area contributed by atoms with Crippen LogP contribution in [-0.4, -0.2) is 33.3 Å². The van der Waals surface area contributed by atoms with Gasteiger partial charge in [-0.1, -0.05) is 23.7 Å². The number of hydrogen-bond donors (Lipinski definition) is 1. The summed E-state index contributed by atoms with van der Waals surface area (Å²) in [7, 11) is 0. The fraction of sp³-hybridized carbons (Fsp3) is 0.200. The number of nitrogens with one attached hydrogen (secondary N) is 1. The van der Waals surface area contributed by atoms with Crippen LogP contribution in [0.15, 0.2) is 70.4 Å². The molecule has 3 aromatic rings. The number of imide groups is 1. The van der Waals surface area contributed by atoms with Gasteiger partial charge in [0, 0.05) is 22.1 Å². The summed E-state index contributed by atoms with van der Waals surface area (Å²) in [6.45, 7) is 6.32. The van der Waals surface area contributed by atoms with E-state index in [1.165, 1.54) is 4.90 Å². The van der Waals surface area contributed by atoms with E-state index in [9.17, 15) is 9.59 Å². The van der Waals surface area contributed by atoms with Gasteiger partial charge in [0.15, 0.2) is 5.16 Å². The smallest absolute Gasteiger partial charge is 0.278 e. The van der Waals surface area contributed by atoms with Gasteiger partial charge >= 0.3 is 0 Å². The number of aryl methyl sites for hydroxylation is 2. The molecule has 2 amide bonds. The lowest BCUT2D eigenvalue weighted by atomic mass is 10.2. The van der Waals surface area contributed by atoms with E-state index in [1.54, 1.807) is 48.5 Å². The first-order valence-corrected chi connectivity index (χ1v) is 11.9. The summed E-state index contributed by atoms with van der Waals surface area (Å²) in [6, 6.07) is 16.1. The van der Waals surface area contributed by atoms with E-state index < -0.39 is 11.8 Å². The van der Waals surface area contributed by atoms with Crippen molar-refractivity contribution in [3.05, 3.63) is 87.2 Å². The molecule has 0 atom stereocenters. The molecule has 0 fully saturated rings. The average Bonchev–Trinajstić information content (AvgIpc) is 3.00. The van der Waals surface area contributed by atoms with Crippen LogP contribution in [0.1, 0.15) is 23.9 Å². The average molecular weight is 495 g/mol. The summed E-state index contributed by atoms with van der Waals surface area (Å²) in [5, 5.41) is 4.12. The van der Waals surface area contributed by atoms with Crippen molar-refractivity contribution in [3.63, 3.8) is 0 Å². The SMILES string of the molecule is CCOc1ccc(NC2=C(Sc3nc(C)cc(C)n3)C(=O)N(Cc3ccc(Cl)cc3)C2=O)cc1. The van der Waals surface area contributed by atoms with Gasteiger partial charge < -0.3 is 10.1 Å². The minimum Gasteiger partial charge on any atom is -0.494 e. The monoisotopic (exact) mass is 494 g/mol. The number of amides is 2. The van der Waals surface area contributed by atoms with Crippen molar-refractivity contribution >= 4 is 40.9 Å². The number of hydrogen-bond acceptors (Lipinski definition) is 7. The van der Waals surface area contributed by atoms with Crippen LogP contribution in [0.5, 0.6) is 5.75 Å². The molecule has 2 aromatic carbocycles. The van der Waals surface area contributed by atoms with Crippen LogP contribution in [0, 0.1) is 13.8 Å². The molecule has 9 heteroatoms. The Kier molecular flexibility index (Phi) is 7.19. The number of carbonyl (C=O) groups excluding carboxylic acids is 2. The molecule has 0 radical (unpaired) electrons. The molecular formula is C25H23ClN4O3S. The number of rotatable bonds is 8. The molecule has 1 aliphatic rings. The number of aromatic nitrogens is 2. The summed E-state index contributed by atoms with van der Waals surface area (Å²) in [5.74, 6) is -0.0969. The first-order chi connectivity index (χ1) is 16.3. The Hall–Kier alpha value is -3.36. The molecule has 4 rings (SSSR count). The van der Waals surface area contributed by atoms with Gasteiger partial charge in [-0.2, -0.15) is 0 Å². The molecule has 174 valence electrons. The maximum absolute atomic E-state index is 13.4. The Morgan fingerprint density at radius 1 is 0.971 bits per heavy atom. The van der Waals surface area contributed by atoms with Crippen LogP contribution in [0.25, 0.3) is 0 Å². The molecule has 1 N–H and O–H groups in total. The zero-order chi connectivity index (χ0) is 24.2. The molecule has 0 bridgehead atoms. The molecule has 0 saturated heterocycles. The number of ether oxygens (including phenoxy) is 1. The van der Waals surface area contributed by atoms with Crippen molar-refractivity contribution in [2.75, 3.05) is 11.9 Å². The van der Waals surface area contributed by atoms with Gasteiger partial charge in [-0.15, -0.1) is 0 Å². The van der Waals surface area contributed by atoms with E-state index in [1.807, 2.05) is 26.8 Å². The zero-order valence-electron chi connectivity index (χ0n) is 19.0. The van der Waals surface area contributed by atoms with Gasteiger partial charge in [0.2, 0.25) is 0 Å². The zero-order valence-corrected chi connectivity index (χ0v) is 20.5. The largest absolute Gasteiger partial charge is 0.494 e. The van der Waals surface area contributed by atoms with Crippen LogP contribution >= 0.6 is 23.4 Å². The molecule has 0 unspecified atom stereocenters. The van der Waals surface area contributed by atoms with Gasteiger partial charge in [0.25, 0.3) is 11.8 Å². The molecule has 1 aliphatic heterocycles. The van der Waals surface area contributed by atoms with Crippen LogP contribution in [0.4, 0.5) is 5.69 Å². The first-order valence-electron chi connectivity index (χ1n) is 10.7. The highest BCUT2D eigenvalue weighted by molar-refractivity contribution is 8.04. The van der Waals surface area contributed by atoms with E-state index >= 15 is 0 Å². The number of anilines is 1. The molecule has 7 nitrogen and oxygen atoms in total. The molecule has 2 heterocycles. The summed E-state index contributed by atoms with van der Waals surface area (Å²) in [6.07, 6.45) is 0. The quantitative estimate of drug-likeness (QED) is 0.343. The van der Waals surface area contributed by atoms with Crippen molar-refractivity contribution < 1.29 is 14.3 Å². The third-order valence-corrected chi connectivity index (χ3v) is 6.17. The third-order valence-electron chi connectivity index (χ3n) is 4.97. The summed E-state index contributed by atoms with van der Waals surface area (Å²) >= 11 is 7.06.